The van der Waals surface area contributed by atoms with Gasteiger partial charge in [-0.2, -0.15) is 0 Å². The van der Waals surface area contributed by atoms with E-state index in [0.29, 0.717) is 18.3 Å². The Bertz CT molecular complexity index is 503. The summed E-state index contributed by atoms with van der Waals surface area (Å²) in [5.74, 6) is -0.143. The zero-order valence-corrected chi connectivity index (χ0v) is 12.9. The Morgan fingerprint density at radius 2 is 1.77 bits per heavy atom. The van der Waals surface area contributed by atoms with Crippen LogP contribution in [-0.4, -0.2) is 45.9 Å². The van der Waals surface area contributed by atoms with Gasteiger partial charge in [0.15, 0.2) is 0 Å². The molecule has 0 spiro atoms. The Balaban J connectivity index is 2.13. The number of methoxy groups -OCH3 is 2. The molecule has 0 radical (unpaired) electrons. The van der Waals surface area contributed by atoms with E-state index in [4.69, 9.17) is 14.2 Å². The van der Waals surface area contributed by atoms with Crippen LogP contribution in [0.2, 0.25) is 0 Å². The molecule has 0 amide bonds. The van der Waals surface area contributed by atoms with Crippen molar-refractivity contribution >= 4 is 11.9 Å². The number of hydrogen-bond acceptors (Lipinski definition) is 6. The number of ether oxygens (including phenoxy) is 3. The van der Waals surface area contributed by atoms with Crippen molar-refractivity contribution < 1.29 is 23.8 Å². The van der Waals surface area contributed by atoms with E-state index in [1.54, 1.807) is 12.1 Å². The zero-order chi connectivity index (χ0) is 15.9. The Hall–Kier alpha value is -2.08. The summed E-state index contributed by atoms with van der Waals surface area (Å²) >= 11 is 0. The largest absolute Gasteiger partial charge is 0.493 e. The van der Waals surface area contributed by atoms with Crippen molar-refractivity contribution in [3.63, 3.8) is 0 Å². The second kappa shape index (κ2) is 7.79. The van der Waals surface area contributed by atoms with E-state index in [9.17, 15) is 9.59 Å². The van der Waals surface area contributed by atoms with Crippen LogP contribution >= 0.6 is 0 Å². The lowest BCUT2D eigenvalue weighted by molar-refractivity contribution is 0.0598. The van der Waals surface area contributed by atoms with Crippen molar-refractivity contribution in [2.75, 3.05) is 33.9 Å². The summed E-state index contributed by atoms with van der Waals surface area (Å²) in [7, 11) is 2.59. The number of piperidine rings is 1. The second-order valence-electron chi connectivity index (χ2n) is 5.25. The van der Waals surface area contributed by atoms with Crippen molar-refractivity contribution in [2.45, 2.75) is 12.8 Å². The predicted molar refractivity (Wildman–Crippen MR) is 80.2 cm³/mol. The lowest BCUT2D eigenvalue weighted by Crippen LogP contribution is -2.33. The summed E-state index contributed by atoms with van der Waals surface area (Å²) in [5, 5.41) is 3.32. The van der Waals surface area contributed by atoms with Crippen molar-refractivity contribution in [1.82, 2.24) is 5.32 Å². The van der Waals surface area contributed by atoms with Gasteiger partial charge in [-0.1, -0.05) is 0 Å². The second-order valence-corrected chi connectivity index (χ2v) is 5.25. The maximum atomic E-state index is 11.7. The van der Waals surface area contributed by atoms with Gasteiger partial charge in [-0.3, -0.25) is 0 Å². The molecular formula is C16H21NO5. The smallest absolute Gasteiger partial charge is 0.338 e. The van der Waals surface area contributed by atoms with Gasteiger partial charge in [-0.05, 0) is 37.6 Å². The number of hydrogen-bond donors (Lipinski definition) is 1. The highest BCUT2D eigenvalue weighted by molar-refractivity contribution is 5.96. The molecule has 0 unspecified atom stereocenters. The molecule has 0 bridgehead atoms. The minimum absolute atomic E-state index is 0.266. The van der Waals surface area contributed by atoms with E-state index in [2.05, 4.69) is 5.32 Å². The van der Waals surface area contributed by atoms with Crippen molar-refractivity contribution in [1.29, 1.82) is 0 Å². The van der Waals surface area contributed by atoms with E-state index < -0.39 is 11.9 Å². The molecule has 0 aliphatic carbocycles. The zero-order valence-electron chi connectivity index (χ0n) is 12.9. The average molecular weight is 307 g/mol. The highest BCUT2D eigenvalue weighted by Gasteiger charge is 2.17. The highest BCUT2D eigenvalue weighted by Crippen LogP contribution is 2.21. The Labute approximate surface area is 129 Å². The molecule has 1 heterocycles. The fourth-order valence-corrected chi connectivity index (χ4v) is 2.43. The topological polar surface area (TPSA) is 73.9 Å². The van der Waals surface area contributed by atoms with Crippen molar-refractivity contribution in [3.8, 4) is 5.75 Å². The first-order chi connectivity index (χ1) is 10.6. The highest BCUT2D eigenvalue weighted by atomic mass is 16.5. The quantitative estimate of drug-likeness (QED) is 0.834. The molecule has 1 aliphatic rings. The normalized spacial score (nSPS) is 17.6. The molecule has 1 aliphatic heterocycles. The molecule has 0 saturated carbocycles. The molecule has 22 heavy (non-hydrogen) atoms. The van der Waals surface area contributed by atoms with Gasteiger partial charge in [0, 0.05) is 12.5 Å². The maximum Gasteiger partial charge on any atom is 0.338 e. The van der Waals surface area contributed by atoms with Crippen LogP contribution in [0.1, 0.15) is 33.6 Å². The lowest BCUT2D eigenvalue weighted by Gasteiger charge is -2.23. The van der Waals surface area contributed by atoms with E-state index >= 15 is 0 Å². The number of esters is 2. The third-order valence-electron chi connectivity index (χ3n) is 3.63. The molecule has 1 aromatic carbocycles. The number of rotatable bonds is 5. The first-order valence-corrected chi connectivity index (χ1v) is 7.29. The van der Waals surface area contributed by atoms with Gasteiger partial charge < -0.3 is 19.5 Å². The minimum Gasteiger partial charge on any atom is -0.493 e. The van der Waals surface area contributed by atoms with Gasteiger partial charge in [-0.15, -0.1) is 0 Å². The molecule has 1 N–H and O–H groups in total. The number of nitrogens with one attached hydrogen (secondary N) is 1. The van der Waals surface area contributed by atoms with Gasteiger partial charge >= 0.3 is 11.9 Å². The van der Waals surface area contributed by atoms with Crippen LogP contribution in [0.25, 0.3) is 0 Å². The van der Waals surface area contributed by atoms with Crippen LogP contribution in [0, 0.1) is 5.92 Å². The third-order valence-corrected chi connectivity index (χ3v) is 3.63. The molecule has 6 heteroatoms. The summed E-state index contributed by atoms with van der Waals surface area (Å²) in [6.07, 6.45) is 2.23. The number of benzene rings is 1. The molecule has 1 atom stereocenters. The fraction of sp³-hybridized carbons (Fsp3) is 0.500. The van der Waals surface area contributed by atoms with E-state index in [0.717, 1.165) is 25.9 Å². The molecule has 0 aromatic heterocycles. The van der Waals surface area contributed by atoms with E-state index in [1.807, 2.05) is 0 Å². The minimum atomic E-state index is -0.519. The Morgan fingerprint density at radius 1 is 1.14 bits per heavy atom. The summed E-state index contributed by atoms with van der Waals surface area (Å²) in [6, 6.07) is 4.59. The Morgan fingerprint density at radius 3 is 2.27 bits per heavy atom. The van der Waals surface area contributed by atoms with Crippen LogP contribution in [0.15, 0.2) is 18.2 Å². The van der Waals surface area contributed by atoms with Gasteiger partial charge in [0.1, 0.15) is 5.75 Å². The van der Waals surface area contributed by atoms with Crippen LogP contribution < -0.4 is 10.1 Å². The summed E-state index contributed by atoms with van der Waals surface area (Å²) in [4.78, 5) is 23.4. The van der Waals surface area contributed by atoms with E-state index in [1.165, 1.54) is 20.3 Å². The van der Waals surface area contributed by atoms with E-state index in [-0.39, 0.29) is 11.1 Å². The summed E-state index contributed by atoms with van der Waals surface area (Å²) < 4.78 is 15.2. The molecule has 1 fully saturated rings. The van der Waals surface area contributed by atoms with Crippen LogP contribution in [0.4, 0.5) is 0 Å². The molecular weight excluding hydrogens is 286 g/mol. The number of carbonyl (C=O) groups is 2. The van der Waals surface area contributed by atoms with Gasteiger partial charge in [0.2, 0.25) is 0 Å². The standard InChI is InChI=1S/C16H21NO5/c1-20-15(18)12-6-13(16(19)21-2)8-14(7-12)22-10-11-4-3-5-17-9-11/h6-8,11,17H,3-5,9-10H2,1-2H3/t11-/m1/s1. The van der Waals surface area contributed by atoms with Crippen LogP contribution in [-0.2, 0) is 9.47 Å². The van der Waals surface area contributed by atoms with Crippen LogP contribution in [0.5, 0.6) is 5.75 Å². The molecule has 1 saturated heterocycles. The monoisotopic (exact) mass is 307 g/mol. The molecule has 120 valence electrons. The van der Waals surface area contributed by atoms with Gasteiger partial charge in [0.25, 0.3) is 0 Å². The van der Waals surface area contributed by atoms with Crippen molar-refractivity contribution in [2.24, 2.45) is 5.92 Å². The Kier molecular flexibility index (Phi) is 5.77. The molecule has 2 rings (SSSR count). The summed E-state index contributed by atoms with van der Waals surface area (Å²) in [6.45, 7) is 2.50. The summed E-state index contributed by atoms with van der Waals surface area (Å²) in [5.41, 5.74) is 0.532. The van der Waals surface area contributed by atoms with Crippen molar-refractivity contribution in [3.05, 3.63) is 29.3 Å². The molecule has 1 aromatic rings. The lowest BCUT2D eigenvalue weighted by atomic mass is 10.0. The first-order valence-electron chi connectivity index (χ1n) is 7.29. The SMILES string of the molecule is COC(=O)c1cc(OC[C@@H]2CCCNC2)cc(C(=O)OC)c1. The molecule has 6 nitrogen and oxygen atoms in total. The first kappa shape index (κ1) is 16.3. The predicted octanol–water partition coefficient (Wildman–Crippen LogP) is 1.64. The van der Waals surface area contributed by atoms with Gasteiger partial charge in [0.05, 0.1) is 32.0 Å². The fourth-order valence-electron chi connectivity index (χ4n) is 2.43. The van der Waals surface area contributed by atoms with Gasteiger partial charge in [-0.25, -0.2) is 9.59 Å². The third kappa shape index (κ3) is 4.21. The average Bonchev–Trinajstić information content (AvgIpc) is 2.59. The maximum absolute atomic E-state index is 11.7. The van der Waals surface area contributed by atoms with Crippen LogP contribution in [0.3, 0.4) is 0 Å². The number of carbonyl (C=O) groups excluding carboxylic acids is 2.